The Morgan fingerprint density at radius 1 is 0.359 bits per heavy atom. The summed E-state index contributed by atoms with van der Waals surface area (Å²) in [4.78, 5) is 0. The Morgan fingerprint density at radius 3 is 1.18 bits per heavy atom. The molecule has 6 atom stereocenters. The van der Waals surface area contributed by atoms with Crippen molar-refractivity contribution in [2.75, 3.05) is 13.2 Å². The first kappa shape index (κ1) is 46.1. The van der Waals surface area contributed by atoms with E-state index in [1.165, 1.54) is 69.3 Å². The molecule has 4 aromatic heterocycles. The van der Waals surface area contributed by atoms with Crippen molar-refractivity contribution in [3.8, 4) is 68.7 Å². The molecule has 4 aliphatic carbocycles. The first-order valence-electron chi connectivity index (χ1n) is 27.3. The molecule has 4 aliphatic rings. The Bertz CT molecular complexity index is 4150. The van der Waals surface area contributed by atoms with E-state index in [1.54, 1.807) is 0 Å². The molecule has 0 amide bonds. The Labute approximate surface area is 450 Å². The van der Waals surface area contributed by atoms with Gasteiger partial charge in [0, 0.05) is 55.2 Å². The highest BCUT2D eigenvalue weighted by molar-refractivity contribution is 6.10. The van der Waals surface area contributed by atoms with Crippen LogP contribution >= 0.6 is 0 Å². The summed E-state index contributed by atoms with van der Waals surface area (Å²) in [7, 11) is 0. The van der Waals surface area contributed by atoms with Gasteiger partial charge in [-0.1, -0.05) is 115 Å². The van der Waals surface area contributed by atoms with Crippen LogP contribution in [0.4, 0.5) is 0 Å². The highest BCUT2D eigenvalue weighted by atomic mass is 16.5. The van der Waals surface area contributed by atoms with Crippen molar-refractivity contribution in [2.24, 2.45) is 35.5 Å². The van der Waals surface area contributed by atoms with Gasteiger partial charge in [-0.2, -0.15) is 0 Å². The van der Waals surface area contributed by atoms with Gasteiger partial charge >= 0.3 is 0 Å². The number of hydrogen-bond acceptors (Lipinski definition) is 8. The maximum atomic E-state index is 6.20. The lowest BCUT2D eigenvalue weighted by Gasteiger charge is -2.18. The highest BCUT2D eigenvalue weighted by Gasteiger charge is 2.37. The van der Waals surface area contributed by atoms with E-state index in [0.29, 0.717) is 47.2 Å². The van der Waals surface area contributed by atoms with E-state index < -0.39 is 0 Å². The Balaban J connectivity index is 0.000000136. The first-order chi connectivity index (χ1) is 38.6. The fourth-order valence-corrected chi connectivity index (χ4v) is 12.9. The lowest BCUT2D eigenvalue weighted by atomic mass is 9.95. The van der Waals surface area contributed by atoms with Gasteiger partial charge in [-0.3, -0.25) is 0 Å². The van der Waals surface area contributed by atoms with Gasteiger partial charge in [-0.05, 0) is 164 Å². The molecule has 10 heteroatoms. The van der Waals surface area contributed by atoms with Gasteiger partial charge < -0.3 is 27.4 Å². The van der Waals surface area contributed by atoms with Gasteiger partial charge in [-0.25, -0.2) is 0 Å². The van der Waals surface area contributed by atoms with Crippen LogP contribution in [0, 0.1) is 35.5 Å². The molecule has 0 saturated heterocycles. The van der Waals surface area contributed by atoms with Crippen LogP contribution in [0.25, 0.3) is 101 Å². The van der Waals surface area contributed by atoms with Crippen LogP contribution < -0.4 is 9.47 Å². The van der Waals surface area contributed by atoms with Gasteiger partial charge in [0.2, 0.25) is 23.6 Å². The monoisotopic (exact) mass is 1020 g/mol. The maximum Gasteiger partial charge on any atom is 0.248 e. The molecule has 12 aromatic rings. The standard InChI is InChI=1S/2C34H27N3O2/c1-3-13-31-29(11-1)30-12-2-4-14-32(30)37(31)27-9-5-7-24(19-27)33-35-36-34(39-33)25-8-6-10-28(20-25)38-21-26-18-22-15-16-23(26)17-22;1-3-10-31-29(8-1)30-9-2-4-11-32(30)37(31)27-16-14-23(15-17-27)33-35-36-34(39-33)25-6-5-7-28(20-25)38-21-26-19-22-12-13-24(26)18-22/h1-16,19-20,22-23,26H,17-18,21H2;1-17,20,22,24,26H,18-19,21H2. The van der Waals surface area contributed by atoms with Crippen molar-refractivity contribution in [3.05, 3.63) is 218 Å². The van der Waals surface area contributed by atoms with E-state index in [1.807, 2.05) is 72.8 Å². The second-order valence-corrected chi connectivity index (χ2v) is 21.4. The molecule has 8 aromatic carbocycles. The number of para-hydroxylation sites is 4. The molecule has 4 bridgehead atoms. The van der Waals surface area contributed by atoms with Crippen molar-refractivity contribution in [3.63, 3.8) is 0 Å². The molecular weight excluding hydrogens is 965 g/mol. The number of rotatable bonds is 12. The molecular formula is C68H54N6O4. The van der Waals surface area contributed by atoms with Crippen LogP contribution in [0.1, 0.15) is 25.7 Å². The SMILES string of the molecule is C1=CC2CC1CC2COc1cccc(-c2nnc(-c3ccc(-n4c5ccccc5c5ccccc54)cc3)o2)c1.C1=CC2CC1CC2COc1cccc(-c2nnc(-c3cccc(-n4c5ccccc5c5ccccc54)c3)o2)c1. The predicted octanol–water partition coefficient (Wildman–Crippen LogP) is 16.2. The van der Waals surface area contributed by atoms with Crippen LogP contribution in [0.5, 0.6) is 11.5 Å². The van der Waals surface area contributed by atoms with E-state index in [4.69, 9.17) is 18.3 Å². The Hall–Kier alpha value is -9.28. The third-order valence-electron chi connectivity index (χ3n) is 16.7. The number of benzene rings is 8. The molecule has 10 nitrogen and oxygen atoms in total. The predicted molar refractivity (Wildman–Crippen MR) is 308 cm³/mol. The zero-order chi connectivity index (χ0) is 51.5. The smallest absolute Gasteiger partial charge is 0.248 e. The summed E-state index contributed by atoms with van der Waals surface area (Å²) in [5.41, 5.74) is 10.3. The summed E-state index contributed by atoms with van der Waals surface area (Å²) in [6.45, 7) is 1.50. The van der Waals surface area contributed by atoms with Crippen LogP contribution in [-0.2, 0) is 0 Å². The normalized spacial score (nSPS) is 19.8. The number of hydrogen-bond donors (Lipinski definition) is 0. The molecule has 0 aliphatic heterocycles. The van der Waals surface area contributed by atoms with E-state index in [2.05, 4.69) is 175 Å². The molecule has 0 spiro atoms. The number of allylic oxidation sites excluding steroid dienone is 4. The molecule has 16 rings (SSSR count). The minimum Gasteiger partial charge on any atom is -0.493 e. The number of aromatic nitrogens is 6. The summed E-state index contributed by atoms with van der Waals surface area (Å²) in [5, 5.41) is 22.4. The average molecular weight is 1020 g/mol. The maximum absolute atomic E-state index is 6.20. The molecule has 0 N–H and O–H groups in total. The van der Waals surface area contributed by atoms with Gasteiger partial charge in [0.25, 0.3) is 0 Å². The van der Waals surface area contributed by atoms with Crippen molar-refractivity contribution < 1.29 is 18.3 Å². The van der Waals surface area contributed by atoms with Crippen molar-refractivity contribution in [2.45, 2.75) is 25.7 Å². The third kappa shape index (κ3) is 8.45. The Kier molecular flexibility index (Phi) is 11.4. The molecule has 6 unspecified atom stereocenters. The summed E-state index contributed by atoms with van der Waals surface area (Å²) in [6, 6.07) is 66.6. The number of fused-ring (bicyclic) bond motifs is 10. The summed E-state index contributed by atoms with van der Waals surface area (Å²) >= 11 is 0. The lowest BCUT2D eigenvalue weighted by molar-refractivity contribution is 0.227. The highest BCUT2D eigenvalue weighted by Crippen LogP contribution is 2.45. The zero-order valence-electron chi connectivity index (χ0n) is 42.8. The molecule has 2 saturated carbocycles. The second kappa shape index (κ2) is 19.4. The molecule has 380 valence electrons. The van der Waals surface area contributed by atoms with Crippen molar-refractivity contribution >= 4 is 43.6 Å². The Morgan fingerprint density at radius 2 is 0.756 bits per heavy atom. The fraction of sp³-hybridized carbons (Fsp3) is 0.176. The van der Waals surface area contributed by atoms with Crippen molar-refractivity contribution in [1.82, 2.24) is 29.5 Å². The van der Waals surface area contributed by atoms with E-state index in [9.17, 15) is 0 Å². The topological polar surface area (TPSA) is 106 Å². The van der Waals surface area contributed by atoms with E-state index >= 15 is 0 Å². The van der Waals surface area contributed by atoms with Crippen LogP contribution in [0.2, 0.25) is 0 Å². The summed E-state index contributed by atoms with van der Waals surface area (Å²) in [6.07, 6.45) is 14.5. The summed E-state index contributed by atoms with van der Waals surface area (Å²) < 4.78 is 29.3. The van der Waals surface area contributed by atoms with Crippen LogP contribution in [-0.4, -0.2) is 42.7 Å². The lowest BCUT2D eigenvalue weighted by Crippen LogP contribution is -2.16. The second-order valence-electron chi connectivity index (χ2n) is 21.4. The first-order valence-corrected chi connectivity index (χ1v) is 27.3. The van der Waals surface area contributed by atoms with Gasteiger partial charge in [0.1, 0.15) is 11.5 Å². The largest absolute Gasteiger partial charge is 0.493 e. The fourth-order valence-electron chi connectivity index (χ4n) is 12.9. The zero-order valence-corrected chi connectivity index (χ0v) is 42.8. The average Bonchev–Trinajstić information content (AvgIpc) is 4.53. The van der Waals surface area contributed by atoms with Crippen LogP contribution in [0.3, 0.4) is 0 Å². The van der Waals surface area contributed by atoms with Crippen molar-refractivity contribution in [1.29, 1.82) is 0 Å². The number of nitrogens with zero attached hydrogens (tertiary/aromatic N) is 6. The van der Waals surface area contributed by atoms with Gasteiger partial charge in [0.05, 0.1) is 35.3 Å². The molecule has 78 heavy (non-hydrogen) atoms. The van der Waals surface area contributed by atoms with Crippen LogP contribution in [0.15, 0.2) is 227 Å². The molecule has 2 fully saturated rings. The minimum atomic E-state index is 0.487. The van der Waals surface area contributed by atoms with E-state index in [-0.39, 0.29) is 0 Å². The number of ether oxygens (including phenoxy) is 2. The quantitative estimate of drug-likeness (QED) is 0.111. The van der Waals surface area contributed by atoms with Gasteiger partial charge in [-0.15, -0.1) is 20.4 Å². The van der Waals surface area contributed by atoms with Gasteiger partial charge in [0.15, 0.2) is 0 Å². The summed E-state index contributed by atoms with van der Waals surface area (Å²) in [5.74, 6) is 7.74. The minimum absolute atomic E-state index is 0.487. The van der Waals surface area contributed by atoms with E-state index in [0.717, 1.165) is 70.2 Å². The molecule has 4 heterocycles. The molecule has 0 radical (unpaired) electrons. The third-order valence-corrected chi connectivity index (χ3v) is 16.7.